The molecule has 4 N–H and O–H groups in total. The summed E-state index contributed by atoms with van der Waals surface area (Å²) < 4.78 is 38.7. The molecule has 1 saturated heterocycles. The maximum atomic E-state index is 14.9. The van der Waals surface area contributed by atoms with Crippen LogP contribution in [0.4, 0.5) is 20.6 Å². The maximum absolute atomic E-state index is 14.9. The first kappa shape index (κ1) is 24.4. The highest BCUT2D eigenvalue weighted by atomic mass is 32.2. The fourth-order valence-electron chi connectivity index (χ4n) is 4.17. The number of anilines is 2. The van der Waals surface area contributed by atoms with Gasteiger partial charge in [-0.2, -0.15) is 0 Å². The van der Waals surface area contributed by atoms with Gasteiger partial charge < -0.3 is 15.5 Å². The van der Waals surface area contributed by atoms with Crippen molar-refractivity contribution in [3.05, 3.63) is 78.1 Å². The van der Waals surface area contributed by atoms with Gasteiger partial charge in [-0.15, -0.1) is 0 Å². The van der Waals surface area contributed by atoms with E-state index in [4.69, 9.17) is 5.14 Å². The third kappa shape index (κ3) is 5.50. The summed E-state index contributed by atoms with van der Waals surface area (Å²) in [5, 5.41) is 10.7. The third-order valence-corrected chi connectivity index (χ3v) is 6.78. The van der Waals surface area contributed by atoms with E-state index in [9.17, 15) is 22.4 Å². The van der Waals surface area contributed by atoms with Crippen LogP contribution in [-0.4, -0.2) is 37.8 Å². The Balaban J connectivity index is 1.49. The van der Waals surface area contributed by atoms with E-state index < -0.39 is 27.8 Å². The van der Waals surface area contributed by atoms with Gasteiger partial charge in [0.25, 0.3) is 0 Å². The summed E-state index contributed by atoms with van der Waals surface area (Å²) in [6, 6.07) is 16.1. The number of aryl methyl sites for hydroxylation is 1. The van der Waals surface area contributed by atoms with E-state index in [1.54, 1.807) is 12.1 Å². The Morgan fingerprint density at radius 2 is 1.71 bits per heavy atom. The Hall–Kier alpha value is -3.76. The molecular weight excluding hydrogens is 471 g/mol. The van der Waals surface area contributed by atoms with Crippen LogP contribution in [0, 0.1) is 12.7 Å². The molecule has 0 saturated carbocycles. The van der Waals surface area contributed by atoms with E-state index in [1.165, 1.54) is 35.2 Å². The fraction of sp³-hybridized carbons (Fsp3) is 0.200. The lowest BCUT2D eigenvalue weighted by Crippen LogP contribution is -2.45. The summed E-state index contributed by atoms with van der Waals surface area (Å²) in [5.74, 6) is -1.15. The molecule has 1 atom stereocenters. The molecule has 35 heavy (non-hydrogen) atoms. The number of carbonyl (C=O) groups is 2. The van der Waals surface area contributed by atoms with E-state index in [0.29, 0.717) is 25.1 Å². The molecule has 3 aromatic carbocycles. The molecule has 182 valence electrons. The SMILES string of the molecule is Cc1cccc(NC(=O)N2CCCC2C(=O)Nc2ccc(-c3ccccc3S(N)(=O)=O)c(F)c2)c1. The number of nitrogens with one attached hydrogen (secondary N) is 2. The molecule has 0 aliphatic carbocycles. The van der Waals surface area contributed by atoms with Crippen molar-refractivity contribution in [3.8, 4) is 11.1 Å². The van der Waals surface area contributed by atoms with Crippen LogP contribution in [0.2, 0.25) is 0 Å². The van der Waals surface area contributed by atoms with Gasteiger partial charge >= 0.3 is 6.03 Å². The first-order valence-corrected chi connectivity index (χ1v) is 12.5. The molecule has 0 spiro atoms. The van der Waals surface area contributed by atoms with Gasteiger partial charge in [-0.25, -0.2) is 22.7 Å². The van der Waals surface area contributed by atoms with Crippen LogP contribution in [0.3, 0.4) is 0 Å². The maximum Gasteiger partial charge on any atom is 0.322 e. The summed E-state index contributed by atoms with van der Waals surface area (Å²) in [6.45, 7) is 2.34. The number of rotatable bonds is 5. The topological polar surface area (TPSA) is 122 Å². The fourth-order valence-corrected chi connectivity index (χ4v) is 4.93. The van der Waals surface area contributed by atoms with Gasteiger partial charge in [0.1, 0.15) is 11.9 Å². The minimum atomic E-state index is -4.06. The molecule has 1 aliphatic heterocycles. The first-order chi connectivity index (χ1) is 16.6. The number of hydrogen-bond donors (Lipinski definition) is 3. The van der Waals surface area contributed by atoms with Gasteiger partial charge in [-0.1, -0.05) is 30.3 Å². The molecule has 0 aromatic heterocycles. The van der Waals surface area contributed by atoms with Crippen LogP contribution in [0.1, 0.15) is 18.4 Å². The summed E-state index contributed by atoms with van der Waals surface area (Å²) in [7, 11) is -4.06. The van der Waals surface area contributed by atoms with Crippen molar-refractivity contribution in [3.63, 3.8) is 0 Å². The lowest BCUT2D eigenvalue weighted by Gasteiger charge is -2.24. The van der Waals surface area contributed by atoms with E-state index >= 15 is 0 Å². The Bertz CT molecular complexity index is 1390. The number of likely N-dealkylation sites (tertiary alicyclic amines) is 1. The third-order valence-electron chi connectivity index (χ3n) is 5.81. The number of sulfonamides is 1. The van der Waals surface area contributed by atoms with E-state index in [1.807, 2.05) is 25.1 Å². The van der Waals surface area contributed by atoms with Gasteiger partial charge in [0.05, 0.1) is 4.90 Å². The highest BCUT2D eigenvalue weighted by Crippen LogP contribution is 2.30. The number of amides is 3. The standard InChI is InChI=1S/C25H25FN4O4S/c1-16-6-4-7-17(14-16)29-25(32)30-13-5-9-22(30)24(31)28-18-11-12-19(21(26)15-18)20-8-2-3-10-23(20)35(27,33)34/h2-4,6-8,10-12,14-15,22H,5,9,13H2,1H3,(H,28,31)(H,29,32)(H2,27,33,34). The van der Waals surface area contributed by atoms with Crippen molar-refractivity contribution < 1.29 is 22.4 Å². The zero-order valence-corrected chi connectivity index (χ0v) is 19.8. The number of benzene rings is 3. The minimum absolute atomic E-state index is 0.0349. The smallest absolute Gasteiger partial charge is 0.322 e. The Kier molecular flexibility index (Phi) is 6.86. The largest absolute Gasteiger partial charge is 0.324 e. The molecule has 10 heteroatoms. The molecule has 1 aliphatic rings. The van der Waals surface area contributed by atoms with Crippen LogP contribution in [0.25, 0.3) is 11.1 Å². The summed E-state index contributed by atoms with van der Waals surface area (Å²) in [4.78, 5) is 27.0. The monoisotopic (exact) mass is 496 g/mol. The summed E-state index contributed by atoms with van der Waals surface area (Å²) >= 11 is 0. The van der Waals surface area contributed by atoms with E-state index in [0.717, 1.165) is 11.6 Å². The zero-order valence-electron chi connectivity index (χ0n) is 19.0. The number of carbonyl (C=O) groups excluding carboxylic acids is 2. The molecule has 1 heterocycles. The number of urea groups is 1. The Morgan fingerprint density at radius 1 is 0.971 bits per heavy atom. The molecule has 1 unspecified atom stereocenters. The van der Waals surface area contributed by atoms with E-state index in [2.05, 4.69) is 10.6 Å². The van der Waals surface area contributed by atoms with Crippen molar-refractivity contribution in [2.24, 2.45) is 5.14 Å². The van der Waals surface area contributed by atoms with Crippen LogP contribution in [-0.2, 0) is 14.8 Å². The second kappa shape index (κ2) is 9.85. The van der Waals surface area contributed by atoms with Crippen molar-refractivity contribution in [1.82, 2.24) is 4.90 Å². The molecule has 4 rings (SSSR count). The minimum Gasteiger partial charge on any atom is -0.324 e. The van der Waals surface area contributed by atoms with Crippen LogP contribution < -0.4 is 15.8 Å². The zero-order chi connectivity index (χ0) is 25.2. The van der Waals surface area contributed by atoms with Crippen molar-refractivity contribution >= 4 is 33.3 Å². The molecule has 3 amide bonds. The molecule has 0 bridgehead atoms. The Morgan fingerprint density at radius 3 is 2.43 bits per heavy atom. The molecular formula is C25H25FN4O4S. The van der Waals surface area contributed by atoms with Crippen molar-refractivity contribution in [2.45, 2.75) is 30.7 Å². The van der Waals surface area contributed by atoms with Crippen LogP contribution in [0.15, 0.2) is 71.6 Å². The molecule has 0 radical (unpaired) electrons. The van der Waals surface area contributed by atoms with Gasteiger partial charge in [0.2, 0.25) is 15.9 Å². The first-order valence-electron chi connectivity index (χ1n) is 11.0. The highest BCUT2D eigenvalue weighted by molar-refractivity contribution is 7.89. The number of hydrogen-bond acceptors (Lipinski definition) is 4. The molecule has 8 nitrogen and oxygen atoms in total. The predicted octanol–water partition coefficient (Wildman–Crippen LogP) is 4.08. The highest BCUT2D eigenvalue weighted by Gasteiger charge is 2.34. The molecule has 1 fully saturated rings. The van der Waals surface area contributed by atoms with Gasteiger partial charge in [0, 0.05) is 29.0 Å². The normalized spacial score (nSPS) is 15.6. The predicted molar refractivity (Wildman–Crippen MR) is 132 cm³/mol. The molecule has 3 aromatic rings. The average molecular weight is 497 g/mol. The number of nitrogens with two attached hydrogens (primary N) is 1. The lowest BCUT2D eigenvalue weighted by atomic mass is 10.0. The summed E-state index contributed by atoms with van der Waals surface area (Å²) in [6.07, 6.45) is 1.15. The number of halogens is 1. The second-order valence-electron chi connectivity index (χ2n) is 8.38. The number of primary sulfonamides is 1. The van der Waals surface area contributed by atoms with Crippen LogP contribution >= 0.6 is 0 Å². The van der Waals surface area contributed by atoms with Crippen molar-refractivity contribution in [1.29, 1.82) is 0 Å². The van der Waals surface area contributed by atoms with Gasteiger partial charge in [0.15, 0.2) is 0 Å². The summed E-state index contributed by atoms with van der Waals surface area (Å²) in [5.41, 5.74) is 1.98. The van der Waals surface area contributed by atoms with Crippen LogP contribution in [0.5, 0.6) is 0 Å². The average Bonchev–Trinajstić information content (AvgIpc) is 3.29. The van der Waals surface area contributed by atoms with Crippen molar-refractivity contribution in [2.75, 3.05) is 17.2 Å². The van der Waals surface area contributed by atoms with E-state index in [-0.39, 0.29) is 27.7 Å². The lowest BCUT2D eigenvalue weighted by molar-refractivity contribution is -0.119. The van der Waals surface area contributed by atoms with Gasteiger partial charge in [-0.3, -0.25) is 4.79 Å². The number of nitrogens with zero attached hydrogens (tertiary/aromatic N) is 1. The quantitative estimate of drug-likeness (QED) is 0.493. The second-order valence-corrected chi connectivity index (χ2v) is 9.91. The van der Waals surface area contributed by atoms with Gasteiger partial charge in [-0.05, 0) is 61.7 Å². The Labute approximate surface area is 203 Å².